The minimum Gasteiger partial charge on any atom is -0.489 e. The molecule has 3 rings (SSSR count). The Morgan fingerprint density at radius 3 is 3.00 bits per heavy atom. The fourth-order valence-electron chi connectivity index (χ4n) is 3.45. The first-order valence-corrected chi connectivity index (χ1v) is 9.38. The molecular weight excluding hydrogens is 310 g/mol. The number of piperidine rings is 1. The summed E-state index contributed by atoms with van der Waals surface area (Å²) in [6, 6.07) is 12.3. The van der Waals surface area contributed by atoms with Crippen molar-refractivity contribution in [2.24, 2.45) is 5.92 Å². The maximum Gasteiger partial charge on any atom is 0.124 e. The molecule has 1 aromatic carbocycles. The first-order chi connectivity index (χ1) is 12.3. The van der Waals surface area contributed by atoms with Crippen molar-refractivity contribution < 1.29 is 4.74 Å². The van der Waals surface area contributed by atoms with Gasteiger partial charge in [-0.15, -0.1) is 0 Å². The second-order valence-corrected chi connectivity index (χ2v) is 6.79. The summed E-state index contributed by atoms with van der Waals surface area (Å²) in [4.78, 5) is 6.69. The van der Waals surface area contributed by atoms with E-state index in [0.717, 1.165) is 30.3 Å². The average molecular weight is 339 g/mol. The number of aromatic nitrogens is 1. The maximum absolute atomic E-state index is 6.01. The van der Waals surface area contributed by atoms with Gasteiger partial charge in [0.1, 0.15) is 12.4 Å². The Morgan fingerprint density at radius 1 is 1.24 bits per heavy atom. The standard InChI is InChI=1S/C21H29N3O/c1-2-24-12-6-8-18(16-24)13-23-15-20-9-3-4-10-21(20)25-17-19-7-5-11-22-14-19/h3-5,7,9-11,14,18,23H,2,6,8,12-13,15-17H2,1H3. The van der Waals surface area contributed by atoms with Crippen LogP contribution in [0.5, 0.6) is 5.75 Å². The largest absolute Gasteiger partial charge is 0.489 e. The second-order valence-electron chi connectivity index (χ2n) is 6.79. The SMILES string of the molecule is CCN1CCCC(CNCc2ccccc2OCc2cccnc2)C1. The summed E-state index contributed by atoms with van der Waals surface area (Å²) in [5.74, 6) is 1.72. The molecule has 1 fully saturated rings. The van der Waals surface area contributed by atoms with Crippen LogP contribution in [0.15, 0.2) is 48.8 Å². The summed E-state index contributed by atoms with van der Waals surface area (Å²) in [7, 11) is 0. The highest BCUT2D eigenvalue weighted by Crippen LogP contribution is 2.20. The normalized spacial score (nSPS) is 18.2. The Balaban J connectivity index is 1.49. The van der Waals surface area contributed by atoms with Crippen LogP contribution in [0.3, 0.4) is 0 Å². The summed E-state index contributed by atoms with van der Waals surface area (Å²) in [5.41, 5.74) is 2.31. The number of rotatable bonds is 8. The molecule has 0 spiro atoms. The molecule has 1 unspecified atom stereocenters. The van der Waals surface area contributed by atoms with Gasteiger partial charge in [-0.3, -0.25) is 4.98 Å². The van der Waals surface area contributed by atoms with Gasteiger partial charge in [-0.2, -0.15) is 0 Å². The predicted molar refractivity (Wildman–Crippen MR) is 102 cm³/mol. The van der Waals surface area contributed by atoms with Crippen LogP contribution in [-0.4, -0.2) is 36.1 Å². The number of hydrogen-bond donors (Lipinski definition) is 1. The molecule has 0 radical (unpaired) electrons. The molecule has 0 bridgehead atoms. The molecule has 2 heterocycles. The predicted octanol–water partition coefficient (Wildman–Crippen LogP) is 3.48. The summed E-state index contributed by atoms with van der Waals surface area (Å²) >= 11 is 0. The number of ether oxygens (including phenoxy) is 1. The van der Waals surface area contributed by atoms with Crippen LogP contribution in [0.25, 0.3) is 0 Å². The van der Waals surface area contributed by atoms with Gasteiger partial charge in [0.2, 0.25) is 0 Å². The highest BCUT2D eigenvalue weighted by molar-refractivity contribution is 5.33. The molecule has 0 aliphatic carbocycles. The molecule has 1 atom stereocenters. The van der Waals surface area contributed by atoms with Crippen LogP contribution in [-0.2, 0) is 13.2 Å². The lowest BCUT2D eigenvalue weighted by molar-refractivity contribution is 0.180. The van der Waals surface area contributed by atoms with E-state index in [1.54, 1.807) is 6.20 Å². The van der Waals surface area contributed by atoms with Crippen molar-refractivity contribution in [3.8, 4) is 5.75 Å². The van der Waals surface area contributed by atoms with Gasteiger partial charge in [-0.05, 0) is 50.5 Å². The minimum absolute atomic E-state index is 0.555. The summed E-state index contributed by atoms with van der Waals surface area (Å²) < 4.78 is 6.01. The summed E-state index contributed by atoms with van der Waals surface area (Å²) in [6.45, 7) is 8.39. The van der Waals surface area contributed by atoms with E-state index in [-0.39, 0.29) is 0 Å². The Bertz CT molecular complexity index is 632. The Morgan fingerprint density at radius 2 is 2.16 bits per heavy atom. The molecule has 25 heavy (non-hydrogen) atoms. The third-order valence-corrected chi connectivity index (χ3v) is 4.89. The molecule has 1 aliphatic heterocycles. The molecule has 4 heteroatoms. The molecule has 1 aromatic heterocycles. The van der Waals surface area contributed by atoms with Crippen molar-refractivity contribution in [3.63, 3.8) is 0 Å². The van der Waals surface area contributed by atoms with Gasteiger partial charge in [0, 0.05) is 36.6 Å². The van der Waals surface area contributed by atoms with E-state index >= 15 is 0 Å². The van der Waals surface area contributed by atoms with E-state index < -0.39 is 0 Å². The fraction of sp³-hybridized carbons (Fsp3) is 0.476. The second kappa shape index (κ2) is 9.54. The van der Waals surface area contributed by atoms with Gasteiger partial charge in [0.05, 0.1) is 0 Å². The molecule has 1 aliphatic rings. The van der Waals surface area contributed by atoms with Gasteiger partial charge in [0.25, 0.3) is 0 Å². The Labute approximate surface area is 151 Å². The van der Waals surface area contributed by atoms with E-state index in [2.05, 4.69) is 34.3 Å². The van der Waals surface area contributed by atoms with Crippen molar-refractivity contribution in [1.29, 1.82) is 0 Å². The molecule has 4 nitrogen and oxygen atoms in total. The van der Waals surface area contributed by atoms with Crippen LogP contribution in [0.4, 0.5) is 0 Å². The van der Waals surface area contributed by atoms with Gasteiger partial charge in [-0.25, -0.2) is 0 Å². The van der Waals surface area contributed by atoms with E-state index in [4.69, 9.17) is 4.74 Å². The zero-order chi connectivity index (χ0) is 17.3. The van der Waals surface area contributed by atoms with Crippen molar-refractivity contribution in [2.75, 3.05) is 26.2 Å². The molecular formula is C21H29N3O. The average Bonchev–Trinajstić information content (AvgIpc) is 2.68. The Hall–Kier alpha value is -1.91. The third kappa shape index (κ3) is 5.55. The topological polar surface area (TPSA) is 37.4 Å². The number of hydrogen-bond acceptors (Lipinski definition) is 4. The molecule has 1 saturated heterocycles. The third-order valence-electron chi connectivity index (χ3n) is 4.89. The van der Waals surface area contributed by atoms with Crippen LogP contribution < -0.4 is 10.1 Å². The van der Waals surface area contributed by atoms with Crippen molar-refractivity contribution in [2.45, 2.75) is 32.9 Å². The van der Waals surface area contributed by atoms with E-state index in [1.807, 2.05) is 30.5 Å². The smallest absolute Gasteiger partial charge is 0.124 e. The number of likely N-dealkylation sites (tertiary alicyclic amines) is 1. The number of nitrogens with one attached hydrogen (secondary N) is 1. The van der Waals surface area contributed by atoms with Crippen molar-refractivity contribution >= 4 is 0 Å². The van der Waals surface area contributed by atoms with Gasteiger partial charge < -0.3 is 15.0 Å². The fourth-order valence-corrected chi connectivity index (χ4v) is 3.45. The molecule has 0 amide bonds. The number of benzene rings is 1. The van der Waals surface area contributed by atoms with E-state index in [9.17, 15) is 0 Å². The quantitative estimate of drug-likeness (QED) is 0.799. The van der Waals surface area contributed by atoms with E-state index in [1.165, 1.54) is 38.0 Å². The minimum atomic E-state index is 0.555. The van der Waals surface area contributed by atoms with Crippen LogP contribution >= 0.6 is 0 Å². The zero-order valence-corrected chi connectivity index (χ0v) is 15.2. The zero-order valence-electron chi connectivity index (χ0n) is 15.2. The lowest BCUT2D eigenvalue weighted by Crippen LogP contribution is -2.39. The van der Waals surface area contributed by atoms with Gasteiger partial charge in [0.15, 0.2) is 0 Å². The van der Waals surface area contributed by atoms with Crippen LogP contribution in [0.2, 0.25) is 0 Å². The van der Waals surface area contributed by atoms with Crippen LogP contribution in [0.1, 0.15) is 30.9 Å². The van der Waals surface area contributed by atoms with Gasteiger partial charge in [-0.1, -0.05) is 31.2 Å². The van der Waals surface area contributed by atoms with Crippen LogP contribution in [0, 0.1) is 5.92 Å². The Kier molecular flexibility index (Phi) is 6.83. The number of nitrogens with zero attached hydrogens (tertiary/aromatic N) is 2. The number of pyridine rings is 1. The van der Waals surface area contributed by atoms with E-state index in [0.29, 0.717) is 6.61 Å². The lowest BCUT2D eigenvalue weighted by atomic mass is 9.98. The van der Waals surface area contributed by atoms with Gasteiger partial charge >= 0.3 is 0 Å². The maximum atomic E-state index is 6.01. The summed E-state index contributed by atoms with van der Waals surface area (Å²) in [5, 5.41) is 3.64. The van der Waals surface area contributed by atoms with Crippen molar-refractivity contribution in [1.82, 2.24) is 15.2 Å². The first-order valence-electron chi connectivity index (χ1n) is 9.38. The summed E-state index contributed by atoms with van der Waals surface area (Å²) in [6.07, 6.45) is 6.30. The monoisotopic (exact) mass is 339 g/mol. The molecule has 134 valence electrons. The molecule has 0 saturated carbocycles. The first kappa shape index (κ1) is 17.9. The highest BCUT2D eigenvalue weighted by atomic mass is 16.5. The lowest BCUT2D eigenvalue weighted by Gasteiger charge is -2.32. The molecule has 1 N–H and O–H groups in total. The molecule has 2 aromatic rings. The van der Waals surface area contributed by atoms with Crippen molar-refractivity contribution in [3.05, 3.63) is 59.9 Å². The number of para-hydroxylation sites is 1. The highest BCUT2D eigenvalue weighted by Gasteiger charge is 2.18.